The smallest absolute Gasteiger partial charge is 0.279 e. The van der Waals surface area contributed by atoms with Gasteiger partial charge in [0, 0.05) is 25.8 Å². The highest BCUT2D eigenvalue weighted by Gasteiger charge is 2.25. The molecular weight excluding hydrogens is 306 g/mol. The maximum Gasteiger partial charge on any atom is 0.279 e. The van der Waals surface area contributed by atoms with Gasteiger partial charge in [-0.05, 0) is 31.9 Å². The average molecular weight is 325 g/mol. The zero-order valence-corrected chi connectivity index (χ0v) is 13.2. The molecule has 0 aromatic carbocycles. The van der Waals surface area contributed by atoms with Gasteiger partial charge in [-0.25, -0.2) is 0 Å². The maximum absolute atomic E-state index is 12.1. The molecule has 1 aliphatic rings. The van der Waals surface area contributed by atoms with E-state index in [0.717, 1.165) is 25.1 Å². The molecule has 120 valence electrons. The molecule has 0 radical (unpaired) electrons. The lowest BCUT2D eigenvalue weighted by molar-refractivity contribution is 0.372. The highest BCUT2D eigenvalue weighted by molar-refractivity contribution is 7.87. The van der Waals surface area contributed by atoms with Crippen LogP contribution in [0.2, 0.25) is 0 Å². The number of hydrogen-bond donors (Lipinski definition) is 1. The van der Waals surface area contributed by atoms with Gasteiger partial charge in [0.1, 0.15) is 0 Å². The van der Waals surface area contributed by atoms with Crippen LogP contribution in [0.3, 0.4) is 0 Å². The molecule has 0 bridgehead atoms. The number of aryl methyl sites for hydroxylation is 1. The van der Waals surface area contributed by atoms with Crippen LogP contribution in [0, 0.1) is 0 Å². The number of hydrogen-bond acceptors (Lipinski definition) is 5. The Hall–Kier alpha value is -1.71. The lowest BCUT2D eigenvalue weighted by Gasteiger charge is -2.14. The highest BCUT2D eigenvalue weighted by atomic mass is 32.2. The fraction of sp³-hybridized carbons (Fsp3) is 0.538. The standard InChI is InChI=1S/C13H19N5O3S/c1-2-17-7-5-6-11(17)13-15-12(21-16-13)10-14-22(19,20)18-8-3-4-9-18/h5-7,14H,2-4,8-10H2,1H3. The fourth-order valence-corrected chi connectivity index (χ4v) is 3.72. The van der Waals surface area contributed by atoms with Crippen molar-refractivity contribution in [2.75, 3.05) is 13.1 Å². The van der Waals surface area contributed by atoms with Crippen molar-refractivity contribution in [3.8, 4) is 11.5 Å². The van der Waals surface area contributed by atoms with Crippen LogP contribution < -0.4 is 4.72 Å². The molecule has 0 spiro atoms. The Bertz CT molecular complexity index is 730. The first-order valence-corrected chi connectivity index (χ1v) is 8.77. The zero-order valence-electron chi connectivity index (χ0n) is 12.4. The average Bonchev–Trinajstić information content (AvgIpc) is 3.23. The van der Waals surface area contributed by atoms with Crippen LogP contribution >= 0.6 is 0 Å². The molecule has 0 saturated carbocycles. The van der Waals surface area contributed by atoms with Gasteiger partial charge in [0.2, 0.25) is 11.7 Å². The number of nitrogens with one attached hydrogen (secondary N) is 1. The third-order valence-corrected chi connectivity index (χ3v) is 5.23. The van der Waals surface area contributed by atoms with Crippen molar-refractivity contribution in [1.82, 2.24) is 23.7 Å². The van der Waals surface area contributed by atoms with Gasteiger partial charge in [0.15, 0.2) is 0 Å². The lowest BCUT2D eigenvalue weighted by atomic mass is 10.4. The van der Waals surface area contributed by atoms with E-state index in [2.05, 4.69) is 14.9 Å². The normalized spacial score (nSPS) is 16.4. The third kappa shape index (κ3) is 3.06. The van der Waals surface area contributed by atoms with Gasteiger partial charge < -0.3 is 9.09 Å². The molecule has 3 heterocycles. The molecule has 3 rings (SSSR count). The van der Waals surface area contributed by atoms with Crippen molar-refractivity contribution in [2.45, 2.75) is 32.9 Å². The van der Waals surface area contributed by atoms with Crippen molar-refractivity contribution < 1.29 is 12.9 Å². The first-order valence-electron chi connectivity index (χ1n) is 7.33. The molecule has 1 fully saturated rings. The molecule has 1 N–H and O–H groups in total. The topological polar surface area (TPSA) is 93.3 Å². The summed E-state index contributed by atoms with van der Waals surface area (Å²) in [5, 5.41) is 3.91. The first kappa shape index (κ1) is 15.2. The summed E-state index contributed by atoms with van der Waals surface area (Å²) in [6.07, 6.45) is 3.74. The summed E-state index contributed by atoms with van der Waals surface area (Å²) in [4.78, 5) is 4.25. The van der Waals surface area contributed by atoms with E-state index >= 15 is 0 Å². The van der Waals surface area contributed by atoms with E-state index in [1.54, 1.807) is 0 Å². The van der Waals surface area contributed by atoms with Gasteiger partial charge in [-0.3, -0.25) is 0 Å². The van der Waals surface area contributed by atoms with Crippen LogP contribution in [0.15, 0.2) is 22.9 Å². The molecule has 1 aliphatic heterocycles. The van der Waals surface area contributed by atoms with Gasteiger partial charge >= 0.3 is 0 Å². The SMILES string of the molecule is CCn1cccc1-c1noc(CNS(=O)(=O)N2CCCC2)n1. The van der Waals surface area contributed by atoms with Crippen molar-refractivity contribution in [1.29, 1.82) is 0 Å². The molecule has 2 aromatic heterocycles. The minimum Gasteiger partial charge on any atom is -0.345 e. The second kappa shape index (κ2) is 6.19. The van der Waals surface area contributed by atoms with Gasteiger partial charge in [0.05, 0.1) is 12.2 Å². The third-order valence-electron chi connectivity index (χ3n) is 3.68. The van der Waals surface area contributed by atoms with Gasteiger partial charge in [-0.1, -0.05) is 5.16 Å². The van der Waals surface area contributed by atoms with E-state index in [1.165, 1.54) is 4.31 Å². The van der Waals surface area contributed by atoms with Crippen LogP contribution in [0.1, 0.15) is 25.7 Å². The Morgan fingerprint density at radius 2 is 2.14 bits per heavy atom. The van der Waals surface area contributed by atoms with Crippen LogP contribution in [0.4, 0.5) is 0 Å². The van der Waals surface area contributed by atoms with E-state index < -0.39 is 10.2 Å². The van der Waals surface area contributed by atoms with Crippen molar-refractivity contribution in [3.63, 3.8) is 0 Å². The Morgan fingerprint density at radius 3 is 2.86 bits per heavy atom. The molecule has 9 heteroatoms. The summed E-state index contributed by atoms with van der Waals surface area (Å²) in [5.74, 6) is 0.712. The fourth-order valence-electron chi connectivity index (χ4n) is 2.50. The monoisotopic (exact) mass is 325 g/mol. The van der Waals surface area contributed by atoms with E-state index in [1.807, 2.05) is 29.8 Å². The Labute approximate surface area is 129 Å². The quantitative estimate of drug-likeness (QED) is 0.855. The van der Waals surface area contributed by atoms with E-state index in [0.29, 0.717) is 18.9 Å². The van der Waals surface area contributed by atoms with Gasteiger partial charge in [-0.15, -0.1) is 0 Å². The van der Waals surface area contributed by atoms with Crippen molar-refractivity contribution >= 4 is 10.2 Å². The molecular formula is C13H19N5O3S. The highest BCUT2D eigenvalue weighted by Crippen LogP contribution is 2.17. The molecule has 0 atom stereocenters. The summed E-state index contributed by atoms with van der Waals surface area (Å²) in [5.41, 5.74) is 0.847. The Kier molecular flexibility index (Phi) is 4.27. The Morgan fingerprint density at radius 1 is 1.36 bits per heavy atom. The number of aromatic nitrogens is 3. The Balaban J connectivity index is 1.67. The van der Waals surface area contributed by atoms with E-state index in [4.69, 9.17) is 4.52 Å². The predicted molar refractivity (Wildman–Crippen MR) is 80.0 cm³/mol. The van der Waals surface area contributed by atoms with Crippen molar-refractivity contribution in [2.24, 2.45) is 0 Å². The van der Waals surface area contributed by atoms with E-state index in [-0.39, 0.29) is 12.4 Å². The second-order valence-corrected chi connectivity index (χ2v) is 6.88. The van der Waals surface area contributed by atoms with Crippen molar-refractivity contribution in [3.05, 3.63) is 24.2 Å². The molecule has 2 aromatic rings. The summed E-state index contributed by atoms with van der Waals surface area (Å²) in [6, 6.07) is 3.80. The molecule has 0 aliphatic carbocycles. The largest absolute Gasteiger partial charge is 0.345 e. The number of nitrogens with zero attached hydrogens (tertiary/aromatic N) is 4. The predicted octanol–water partition coefficient (Wildman–Crippen LogP) is 0.988. The molecule has 22 heavy (non-hydrogen) atoms. The number of rotatable bonds is 6. The van der Waals surface area contributed by atoms with Crippen LogP contribution in [-0.4, -0.2) is 40.5 Å². The van der Waals surface area contributed by atoms with Gasteiger partial charge in [0.25, 0.3) is 10.2 Å². The zero-order chi connectivity index (χ0) is 15.6. The molecule has 0 amide bonds. The first-order chi connectivity index (χ1) is 10.6. The lowest BCUT2D eigenvalue weighted by Crippen LogP contribution is -2.38. The van der Waals surface area contributed by atoms with E-state index in [9.17, 15) is 8.42 Å². The van der Waals surface area contributed by atoms with Crippen LogP contribution in [0.25, 0.3) is 11.5 Å². The molecule has 8 nitrogen and oxygen atoms in total. The molecule has 1 saturated heterocycles. The van der Waals surface area contributed by atoms with Crippen LogP contribution in [-0.2, 0) is 23.3 Å². The minimum absolute atomic E-state index is 0.00132. The summed E-state index contributed by atoms with van der Waals surface area (Å²) >= 11 is 0. The summed E-state index contributed by atoms with van der Waals surface area (Å²) in [6.45, 7) is 3.95. The summed E-state index contributed by atoms with van der Waals surface area (Å²) < 4.78 is 35.2. The molecule has 0 unspecified atom stereocenters. The maximum atomic E-state index is 12.1. The van der Waals surface area contributed by atoms with Gasteiger partial charge in [-0.2, -0.15) is 22.4 Å². The van der Waals surface area contributed by atoms with Crippen LogP contribution in [0.5, 0.6) is 0 Å². The minimum atomic E-state index is -3.47. The second-order valence-electron chi connectivity index (χ2n) is 5.12. The summed E-state index contributed by atoms with van der Waals surface area (Å²) in [7, 11) is -3.47.